The van der Waals surface area contributed by atoms with E-state index in [2.05, 4.69) is 11.4 Å². The Labute approximate surface area is 118 Å². The summed E-state index contributed by atoms with van der Waals surface area (Å²) in [5, 5.41) is 4.55. The number of nitrogens with zero attached hydrogens (tertiary/aromatic N) is 1. The van der Waals surface area contributed by atoms with Crippen LogP contribution in [0.2, 0.25) is 0 Å². The highest BCUT2D eigenvalue weighted by atomic mass is 35.5. The molecule has 5 heteroatoms. The van der Waals surface area contributed by atoms with Crippen LogP contribution in [0.5, 0.6) is 0 Å². The maximum absolute atomic E-state index is 11.7. The van der Waals surface area contributed by atoms with Crippen molar-refractivity contribution in [2.24, 2.45) is 0 Å². The molecule has 1 aliphatic heterocycles. The number of carbonyl (C=O) groups is 1. The number of rotatable bonds is 1. The van der Waals surface area contributed by atoms with E-state index >= 15 is 0 Å². The molecule has 1 saturated heterocycles. The predicted molar refractivity (Wildman–Crippen MR) is 77.0 cm³/mol. The molecule has 1 aromatic heterocycles. The lowest BCUT2D eigenvalue weighted by Crippen LogP contribution is -2.34. The van der Waals surface area contributed by atoms with Gasteiger partial charge in [-0.25, -0.2) is 0 Å². The summed E-state index contributed by atoms with van der Waals surface area (Å²) in [6.07, 6.45) is 1.93. The molecule has 19 heavy (non-hydrogen) atoms. The third-order valence-electron chi connectivity index (χ3n) is 3.38. The summed E-state index contributed by atoms with van der Waals surface area (Å²) in [6, 6.07) is 8.16. The molecule has 1 fully saturated rings. The molecule has 0 radical (unpaired) electrons. The average molecular weight is 281 g/mol. The first-order valence-electron chi connectivity index (χ1n) is 6.19. The number of nitrogens with one attached hydrogen (secondary N) is 1. The molecule has 0 saturated carbocycles. The van der Waals surface area contributed by atoms with Gasteiger partial charge in [0, 0.05) is 25.1 Å². The number of halogens is 1. The lowest BCUT2D eigenvalue weighted by atomic mass is 10.1. The Balaban J connectivity index is 0.00000133. The molecule has 2 heterocycles. The Morgan fingerprint density at radius 3 is 2.89 bits per heavy atom. The molecule has 102 valence electrons. The fraction of sp³-hybridized carbons (Fsp3) is 0.357. The first-order valence-corrected chi connectivity index (χ1v) is 6.19. The Bertz CT molecular complexity index is 588. The zero-order valence-corrected chi connectivity index (χ0v) is 11.6. The summed E-state index contributed by atoms with van der Waals surface area (Å²) in [7, 11) is 0. The van der Waals surface area contributed by atoms with Crippen LogP contribution in [0.4, 0.5) is 0 Å². The Morgan fingerprint density at radius 2 is 2.21 bits per heavy atom. The van der Waals surface area contributed by atoms with Crippen molar-refractivity contribution in [2.75, 3.05) is 19.8 Å². The molecule has 1 atom stereocenters. The molecule has 1 N–H and O–H groups in total. The van der Waals surface area contributed by atoms with Crippen LogP contribution in [0.3, 0.4) is 0 Å². The molecule has 3 rings (SSSR count). The lowest BCUT2D eigenvalue weighted by Gasteiger charge is -2.23. The number of ether oxygens (including phenoxy) is 1. The van der Waals surface area contributed by atoms with Crippen LogP contribution in [0.15, 0.2) is 30.5 Å². The largest absolute Gasteiger partial charge is 0.378 e. The van der Waals surface area contributed by atoms with Crippen molar-refractivity contribution in [1.29, 1.82) is 0 Å². The van der Waals surface area contributed by atoms with E-state index in [1.807, 2.05) is 24.4 Å². The highest BCUT2D eigenvalue weighted by Crippen LogP contribution is 2.27. The molecule has 0 aliphatic carbocycles. The average Bonchev–Trinajstić information content (AvgIpc) is 2.79. The number of aromatic nitrogens is 1. The molecular weight excluding hydrogens is 264 g/mol. The Hall–Kier alpha value is -1.36. The SMILES string of the molecule is CC(=O)n1cc([C@H]2COCCN2)c2ccccc21.Cl. The van der Waals surface area contributed by atoms with Crippen molar-refractivity contribution in [3.8, 4) is 0 Å². The summed E-state index contributed by atoms with van der Waals surface area (Å²) in [5.41, 5.74) is 2.10. The monoisotopic (exact) mass is 280 g/mol. The number of benzene rings is 1. The van der Waals surface area contributed by atoms with Gasteiger partial charge in [-0.05, 0) is 11.6 Å². The van der Waals surface area contributed by atoms with E-state index in [4.69, 9.17) is 4.74 Å². The predicted octanol–water partition coefficient (Wildman–Crippen LogP) is 2.38. The normalized spacial score (nSPS) is 19.1. The second kappa shape index (κ2) is 5.74. The Kier molecular flexibility index (Phi) is 4.24. The van der Waals surface area contributed by atoms with Crippen LogP contribution in [-0.2, 0) is 4.74 Å². The van der Waals surface area contributed by atoms with E-state index in [0.29, 0.717) is 6.61 Å². The van der Waals surface area contributed by atoms with E-state index in [1.54, 1.807) is 11.5 Å². The van der Waals surface area contributed by atoms with E-state index in [-0.39, 0.29) is 24.4 Å². The molecule has 0 spiro atoms. The maximum Gasteiger partial charge on any atom is 0.227 e. The van der Waals surface area contributed by atoms with Gasteiger partial charge in [0.15, 0.2) is 0 Å². The summed E-state index contributed by atoms with van der Waals surface area (Å²) in [5.74, 6) is 0.0363. The minimum Gasteiger partial charge on any atom is -0.378 e. The van der Waals surface area contributed by atoms with E-state index in [1.165, 1.54) is 0 Å². The first kappa shape index (κ1) is 14.1. The van der Waals surface area contributed by atoms with Crippen LogP contribution in [0.1, 0.15) is 23.3 Å². The number of carbonyl (C=O) groups excluding carboxylic acids is 1. The first-order chi connectivity index (χ1) is 8.77. The third-order valence-corrected chi connectivity index (χ3v) is 3.38. The van der Waals surface area contributed by atoms with Crippen molar-refractivity contribution in [3.05, 3.63) is 36.0 Å². The van der Waals surface area contributed by atoms with Gasteiger partial charge in [-0.1, -0.05) is 18.2 Å². The van der Waals surface area contributed by atoms with Crippen LogP contribution in [0, 0.1) is 0 Å². The highest BCUT2D eigenvalue weighted by Gasteiger charge is 2.20. The van der Waals surface area contributed by atoms with E-state index < -0.39 is 0 Å². The fourth-order valence-corrected chi connectivity index (χ4v) is 2.51. The minimum atomic E-state index is 0. The summed E-state index contributed by atoms with van der Waals surface area (Å²) in [4.78, 5) is 11.7. The van der Waals surface area contributed by atoms with Crippen molar-refractivity contribution >= 4 is 29.2 Å². The van der Waals surface area contributed by atoms with Gasteiger partial charge in [-0.2, -0.15) is 0 Å². The number of fused-ring (bicyclic) bond motifs is 1. The number of hydrogen-bond donors (Lipinski definition) is 1. The minimum absolute atomic E-state index is 0. The van der Waals surface area contributed by atoms with Crippen LogP contribution in [0.25, 0.3) is 10.9 Å². The third kappa shape index (κ3) is 2.52. The summed E-state index contributed by atoms with van der Waals surface area (Å²) < 4.78 is 7.21. The molecular formula is C14H17ClN2O2. The van der Waals surface area contributed by atoms with Crippen LogP contribution in [-0.4, -0.2) is 30.2 Å². The van der Waals surface area contributed by atoms with Gasteiger partial charge in [0.2, 0.25) is 5.91 Å². The zero-order valence-electron chi connectivity index (χ0n) is 10.8. The quantitative estimate of drug-likeness (QED) is 0.872. The second-order valence-corrected chi connectivity index (χ2v) is 4.57. The number of hydrogen-bond acceptors (Lipinski definition) is 3. The van der Waals surface area contributed by atoms with Gasteiger partial charge < -0.3 is 10.1 Å². The highest BCUT2D eigenvalue weighted by molar-refractivity contribution is 5.93. The zero-order chi connectivity index (χ0) is 12.5. The van der Waals surface area contributed by atoms with Gasteiger partial charge in [-0.15, -0.1) is 12.4 Å². The van der Waals surface area contributed by atoms with Gasteiger partial charge in [-0.3, -0.25) is 9.36 Å². The number of morpholine rings is 1. The molecule has 1 aromatic carbocycles. The second-order valence-electron chi connectivity index (χ2n) is 4.57. The van der Waals surface area contributed by atoms with Gasteiger partial charge in [0.25, 0.3) is 0 Å². The molecule has 0 unspecified atom stereocenters. The smallest absolute Gasteiger partial charge is 0.227 e. The van der Waals surface area contributed by atoms with Gasteiger partial charge in [0.1, 0.15) is 0 Å². The maximum atomic E-state index is 11.7. The van der Waals surface area contributed by atoms with Gasteiger partial charge in [0.05, 0.1) is 24.8 Å². The molecule has 4 nitrogen and oxygen atoms in total. The van der Waals surface area contributed by atoms with Crippen molar-refractivity contribution in [3.63, 3.8) is 0 Å². The fourth-order valence-electron chi connectivity index (χ4n) is 2.51. The summed E-state index contributed by atoms with van der Waals surface area (Å²) in [6.45, 7) is 3.85. The van der Waals surface area contributed by atoms with Crippen LogP contribution < -0.4 is 5.32 Å². The molecule has 2 aromatic rings. The Morgan fingerprint density at radius 1 is 1.42 bits per heavy atom. The lowest BCUT2D eigenvalue weighted by molar-refractivity contribution is 0.0771. The van der Waals surface area contributed by atoms with Crippen LogP contribution >= 0.6 is 12.4 Å². The topological polar surface area (TPSA) is 43.3 Å². The van der Waals surface area contributed by atoms with E-state index in [9.17, 15) is 4.79 Å². The van der Waals surface area contributed by atoms with Crippen molar-refractivity contribution in [1.82, 2.24) is 9.88 Å². The van der Waals surface area contributed by atoms with Crippen molar-refractivity contribution in [2.45, 2.75) is 13.0 Å². The standard InChI is InChI=1S/C14H16N2O2.ClH/c1-10(17)16-8-12(13-9-18-7-6-15-13)11-4-2-3-5-14(11)16;/h2-5,8,13,15H,6-7,9H2,1H3;1H/t13-;/m1./s1. The molecule has 0 bridgehead atoms. The van der Waals surface area contributed by atoms with Gasteiger partial charge >= 0.3 is 0 Å². The van der Waals surface area contributed by atoms with E-state index in [0.717, 1.165) is 29.6 Å². The number of para-hydroxylation sites is 1. The molecule has 0 amide bonds. The summed E-state index contributed by atoms with van der Waals surface area (Å²) >= 11 is 0. The molecule has 1 aliphatic rings. The van der Waals surface area contributed by atoms with Crippen molar-refractivity contribution < 1.29 is 9.53 Å².